The maximum atomic E-state index is 13.1. The van der Waals surface area contributed by atoms with Crippen molar-refractivity contribution in [2.45, 2.75) is 400 Å². The van der Waals surface area contributed by atoms with Crippen LogP contribution in [0.4, 0.5) is 0 Å². The molecule has 19 heteroatoms. The molecular weight excluding hydrogens is 1220 g/mol. The molecule has 0 rings (SSSR count). The third-order valence-electron chi connectivity index (χ3n) is 17.6. The molecule has 0 aromatic heterocycles. The van der Waals surface area contributed by atoms with Crippen molar-refractivity contribution in [1.29, 1.82) is 0 Å². The molecule has 0 radical (unpaired) electrons. The lowest BCUT2D eigenvalue weighted by atomic mass is 9.99. The van der Waals surface area contributed by atoms with E-state index in [2.05, 4.69) is 41.5 Å². The highest BCUT2D eigenvalue weighted by atomic mass is 31.2. The summed E-state index contributed by atoms with van der Waals surface area (Å²) >= 11 is 0. The third-order valence-corrected chi connectivity index (χ3v) is 19.5. The first kappa shape index (κ1) is 91.1. The minimum absolute atomic E-state index is 0.107. The van der Waals surface area contributed by atoms with E-state index in [4.69, 9.17) is 37.0 Å². The Morgan fingerprint density at radius 2 is 0.548 bits per heavy atom. The summed E-state index contributed by atoms with van der Waals surface area (Å²) < 4.78 is 68.2. The molecule has 0 fully saturated rings. The number of phosphoric acid groups is 2. The first-order valence-corrected chi connectivity index (χ1v) is 41.5. The number of esters is 4. The van der Waals surface area contributed by atoms with Gasteiger partial charge in [-0.2, -0.15) is 0 Å². The van der Waals surface area contributed by atoms with Crippen molar-refractivity contribution in [3.63, 3.8) is 0 Å². The van der Waals surface area contributed by atoms with Crippen molar-refractivity contribution in [1.82, 2.24) is 0 Å². The van der Waals surface area contributed by atoms with Gasteiger partial charge in [-0.25, -0.2) is 9.13 Å². The van der Waals surface area contributed by atoms with Gasteiger partial charge in [-0.1, -0.05) is 330 Å². The quantitative estimate of drug-likeness (QED) is 0.0222. The average Bonchev–Trinajstić information content (AvgIpc) is 1.60. The van der Waals surface area contributed by atoms with E-state index in [1.54, 1.807) is 0 Å². The van der Waals surface area contributed by atoms with Gasteiger partial charge in [-0.15, -0.1) is 0 Å². The normalized spacial score (nSPS) is 14.3. The summed E-state index contributed by atoms with van der Waals surface area (Å²) in [6, 6.07) is 0. The predicted molar refractivity (Wildman–Crippen MR) is 377 cm³/mol. The molecule has 0 saturated heterocycles. The Morgan fingerprint density at radius 3 is 0.817 bits per heavy atom. The van der Waals surface area contributed by atoms with Gasteiger partial charge in [-0.05, 0) is 37.5 Å². The molecule has 3 unspecified atom stereocenters. The summed E-state index contributed by atoms with van der Waals surface area (Å²) in [4.78, 5) is 72.5. The van der Waals surface area contributed by atoms with Crippen LogP contribution in [0.1, 0.15) is 382 Å². The fraction of sp³-hybridized carbons (Fsp3) is 0.946. The Morgan fingerprint density at radius 1 is 0.312 bits per heavy atom. The molecule has 0 aromatic rings. The smallest absolute Gasteiger partial charge is 0.462 e. The second-order valence-electron chi connectivity index (χ2n) is 27.4. The summed E-state index contributed by atoms with van der Waals surface area (Å²) in [6.45, 7) is 9.57. The molecule has 0 aromatic carbocycles. The summed E-state index contributed by atoms with van der Waals surface area (Å²) in [5.74, 6) is -0.491. The zero-order chi connectivity index (χ0) is 68.6. The Labute approximate surface area is 568 Å². The molecule has 0 bridgehead atoms. The van der Waals surface area contributed by atoms with Crippen LogP contribution >= 0.6 is 15.6 Å². The highest BCUT2D eigenvalue weighted by Crippen LogP contribution is 2.45. The topological polar surface area (TPSA) is 237 Å². The van der Waals surface area contributed by atoms with Gasteiger partial charge in [0.25, 0.3) is 0 Å². The Hall–Kier alpha value is -1.94. The van der Waals surface area contributed by atoms with Crippen molar-refractivity contribution in [2.24, 2.45) is 11.8 Å². The largest absolute Gasteiger partial charge is 0.472 e. The molecule has 0 spiro atoms. The maximum absolute atomic E-state index is 13.1. The van der Waals surface area contributed by atoms with Crippen LogP contribution in [-0.2, 0) is 65.4 Å². The second-order valence-corrected chi connectivity index (χ2v) is 30.3. The Balaban J connectivity index is 5.15. The van der Waals surface area contributed by atoms with Crippen LogP contribution in [0, 0.1) is 11.8 Å². The SMILES string of the molecule is CCCCCCCCCCCCCCCCC(=O)O[C@H](COC(=O)CCCCCCC)COP(=O)(O)OC[C@H](O)COP(=O)(O)OC[C@@H](COC(=O)CCCCCCCCCCCCCCCC(C)C)OC(=O)CCCCCCCCCCCCCCCCC(C)CC. The second kappa shape index (κ2) is 66.0. The fourth-order valence-corrected chi connectivity index (χ4v) is 12.8. The van der Waals surface area contributed by atoms with E-state index < -0.39 is 97.5 Å². The number of phosphoric ester groups is 2. The molecule has 0 aliphatic rings. The summed E-state index contributed by atoms with van der Waals surface area (Å²) in [7, 11) is -9.90. The van der Waals surface area contributed by atoms with E-state index >= 15 is 0 Å². The number of hydrogen-bond donors (Lipinski definition) is 3. The number of carbonyl (C=O) groups is 4. The minimum atomic E-state index is -4.95. The first-order chi connectivity index (χ1) is 44.9. The Kier molecular flexibility index (Phi) is 64.6. The van der Waals surface area contributed by atoms with Crippen molar-refractivity contribution in [2.75, 3.05) is 39.6 Å². The molecule has 0 amide bonds. The highest BCUT2D eigenvalue weighted by Gasteiger charge is 2.30. The van der Waals surface area contributed by atoms with E-state index in [0.717, 1.165) is 108 Å². The summed E-state index contributed by atoms with van der Waals surface area (Å²) in [5, 5.41) is 10.6. The van der Waals surface area contributed by atoms with E-state index in [-0.39, 0.29) is 25.7 Å². The van der Waals surface area contributed by atoms with Gasteiger partial charge in [0, 0.05) is 25.7 Å². The zero-order valence-electron chi connectivity index (χ0n) is 60.6. The summed E-state index contributed by atoms with van der Waals surface area (Å²) in [6.07, 6.45) is 53.0. The summed E-state index contributed by atoms with van der Waals surface area (Å²) in [5.41, 5.74) is 0. The van der Waals surface area contributed by atoms with Crippen LogP contribution in [-0.4, -0.2) is 96.7 Å². The van der Waals surface area contributed by atoms with Crippen LogP contribution in [0.15, 0.2) is 0 Å². The van der Waals surface area contributed by atoms with Crippen LogP contribution in [0.25, 0.3) is 0 Å². The monoisotopic (exact) mass is 1370 g/mol. The number of hydrogen-bond acceptors (Lipinski definition) is 15. The van der Waals surface area contributed by atoms with Gasteiger partial charge in [0.15, 0.2) is 12.2 Å². The molecule has 93 heavy (non-hydrogen) atoms. The van der Waals surface area contributed by atoms with Gasteiger partial charge in [0.2, 0.25) is 0 Å². The lowest BCUT2D eigenvalue weighted by Gasteiger charge is -2.21. The number of carbonyl (C=O) groups excluding carboxylic acids is 4. The zero-order valence-corrected chi connectivity index (χ0v) is 62.3. The van der Waals surface area contributed by atoms with Gasteiger partial charge < -0.3 is 33.8 Å². The lowest BCUT2D eigenvalue weighted by Crippen LogP contribution is -2.30. The molecule has 0 heterocycles. The van der Waals surface area contributed by atoms with E-state index in [9.17, 15) is 43.2 Å². The molecular formula is C74H144O17P2. The lowest BCUT2D eigenvalue weighted by molar-refractivity contribution is -0.161. The molecule has 0 saturated carbocycles. The minimum Gasteiger partial charge on any atom is -0.462 e. The van der Waals surface area contributed by atoms with E-state index in [1.165, 1.54) is 193 Å². The predicted octanol–water partition coefficient (Wildman–Crippen LogP) is 21.6. The average molecular weight is 1370 g/mol. The third kappa shape index (κ3) is 67.0. The number of aliphatic hydroxyl groups is 1. The number of rotatable bonds is 73. The van der Waals surface area contributed by atoms with Crippen LogP contribution < -0.4 is 0 Å². The standard InChI is InChI=1S/C74H144O17P2/c1-7-10-12-14-15-16-17-18-24-30-35-40-46-52-58-73(78)90-69(62-84-71(76)56-50-42-13-11-8-2)64-88-92(80,81)86-60-68(75)61-87-93(82,83)89-65-70(63-85-72(77)57-51-45-39-34-29-26-21-22-27-32-37-43-48-54-66(4)5)91-74(79)59-53-47-41-36-31-25-20-19-23-28-33-38-44-49-55-67(6)9-3/h66-70,75H,7-65H2,1-6H3,(H,80,81)(H,82,83)/t67?,68-,69+,70+/m0/s1. The van der Waals surface area contributed by atoms with Gasteiger partial charge in [0.1, 0.15) is 19.3 Å². The van der Waals surface area contributed by atoms with Gasteiger partial charge >= 0.3 is 39.5 Å². The maximum Gasteiger partial charge on any atom is 0.472 e. The molecule has 0 aliphatic heterocycles. The Bertz CT molecular complexity index is 1810. The fourth-order valence-electron chi connectivity index (χ4n) is 11.3. The highest BCUT2D eigenvalue weighted by molar-refractivity contribution is 7.47. The molecule has 17 nitrogen and oxygen atoms in total. The first-order valence-electron chi connectivity index (χ1n) is 38.5. The van der Waals surface area contributed by atoms with Gasteiger partial charge in [-0.3, -0.25) is 37.3 Å². The van der Waals surface area contributed by atoms with Crippen LogP contribution in [0.5, 0.6) is 0 Å². The molecule has 552 valence electrons. The van der Waals surface area contributed by atoms with Crippen LogP contribution in [0.3, 0.4) is 0 Å². The molecule has 3 N–H and O–H groups in total. The molecule has 6 atom stereocenters. The van der Waals surface area contributed by atoms with E-state index in [0.29, 0.717) is 25.7 Å². The van der Waals surface area contributed by atoms with Crippen molar-refractivity contribution >= 4 is 39.5 Å². The van der Waals surface area contributed by atoms with Crippen molar-refractivity contribution in [3.8, 4) is 0 Å². The van der Waals surface area contributed by atoms with Crippen LogP contribution in [0.2, 0.25) is 0 Å². The van der Waals surface area contributed by atoms with Crippen molar-refractivity contribution < 1.29 is 80.2 Å². The van der Waals surface area contributed by atoms with E-state index in [1.807, 2.05) is 0 Å². The molecule has 0 aliphatic carbocycles. The number of unbranched alkanes of at least 4 members (excludes halogenated alkanes) is 42. The van der Waals surface area contributed by atoms with Crippen molar-refractivity contribution in [3.05, 3.63) is 0 Å². The van der Waals surface area contributed by atoms with Gasteiger partial charge in [0.05, 0.1) is 26.4 Å². The number of ether oxygens (including phenoxy) is 4. The number of aliphatic hydroxyl groups excluding tert-OH is 1.